The van der Waals surface area contributed by atoms with Crippen LogP contribution in [0.3, 0.4) is 0 Å². The Morgan fingerprint density at radius 2 is 2.10 bits per heavy atom. The van der Waals surface area contributed by atoms with E-state index in [1.165, 1.54) is 0 Å². The first-order valence-corrected chi connectivity index (χ1v) is 6.83. The number of carbonyl (C=O) groups is 3. The highest BCUT2D eigenvalue weighted by atomic mass is 16.6. The molecule has 0 bridgehead atoms. The van der Waals surface area contributed by atoms with Crippen LogP contribution in [0.5, 0.6) is 0 Å². The number of hydrogen-bond acceptors (Lipinski definition) is 5. The Kier molecular flexibility index (Phi) is 6.76. The van der Waals surface area contributed by atoms with Gasteiger partial charge in [0.25, 0.3) is 0 Å². The van der Waals surface area contributed by atoms with Crippen LogP contribution in [0.4, 0.5) is 0 Å². The molecule has 0 aromatic rings. The predicted octanol–water partition coefficient (Wildman–Crippen LogP) is 2.03. The average molecular weight is 284 g/mol. The minimum absolute atomic E-state index is 0.102. The fourth-order valence-electron chi connectivity index (χ4n) is 1.94. The van der Waals surface area contributed by atoms with Crippen LogP contribution in [0, 0.1) is 5.92 Å². The largest absolute Gasteiger partial charge is 0.481 e. The van der Waals surface area contributed by atoms with Gasteiger partial charge in [0.1, 0.15) is 11.7 Å². The lowest BCUT2D eigenvalue weighted by atomic mass is 9.94. The van der Waals surface area contributed by atoms with Gasteiger partial charge in [-0.15, -0.1) is 0 Å². The summed E-state index contributed by atoms with van der Waals surface area (Å²) >= 11 is 0. The zero-order chi connectivity index (χ0) is 15.0. The van der Waals surface area contributed by atoms with Gasteiger partial charge in [-0.1, -0.05) is 0 Å². The molecule has 1 heterocycles. The molecule has 6 heteroatoms. The molecule has 1 aliphatic heterocycles. The first kappa shape index (κ1) is 16.2. The number of unbranched alkanes of at least 4 members (excludes halogenated alkanes) is 1. The van der Waals surface area contributed by atoms with E-state index in [1.807, 2.05) is 0 Å². The summed E-state index contributed by atoms with van der Waals surface area (Å²) in [6, 6.07) is 0. The van der Waals surface area contributed by atoms with E-state index in [1.54, 1.807) is 13.0 Å². The van der Waals surface area contributed by atoms with Crippen LogP contribution in [0.25, 0.3) is 0 Å². The number of hydrogen-bond donors (Lipinski definition) is 1. The molecule has 1 aliphatic rings. The molecule has 1 atom stereocenters. The fraction of sp³-hybridized carbons (Fsp3) is 0.643. The van der Waals surface area contributed by atoms with Gasteiger partial charge >= 0.3 is 17.9 Å². The van der Waals surface area contributed by atoms with Gasteiger partial charge in [0.05, 0.1) is 6.61 Å². The monoisotopic (exact) mass is 284 g/mol. The summed E-state index contributed by atoms with van der Waals surface area (Å²) in [4.78, 5) is 32.8. The number of carboxylic acids is 1. The number of cyclic esters (lactones) is 1. The molecule has 0 aromatic carbocycles. The van der Waals surface area contributed by atoms with Gasteiger partial charge < -0.3 is 14.6 Å². The number of allylic oxidation sites excluding steroid dienone is 1. The van der Waals surface area contributed by atoms with Crippen LogP contribution in [0.15, 0.2) is 11.8 Å². The predicted molar refractivity (Wildman–Crippen MR) is 69.6 cm³/mol. The van der Waals surface area contributed by atoms with Crippen LogP contribution < -0.4 is 0 Å². The summed E-state index contributed by atoms with van der Waals surface area (Å²) in [7, 11) is 0. The van der Waals surface area contributed by atoms with Crippen molar-refractivity contribution in [2.24, 2.45) is 5.92 Å². The van der Waals surface area contributed by atoms with Crippen LogP contribution in [0.2, 0.25) is 0 Å². The molecule has 1 rings (SSSR count). The maximum absolute atomic E-state index is 11.3. The second-order valence-corrected chi connectivity index (χ2v) is 4.56. The summed E-state index contributed by atoms with van der Waals surface area (Å²) in [5.41, 5.74) is 0. The van der Waals surface area contributed by atoms with E-state index < -0.39 is 5.97 Å². The molecule has 1 unspecified atom stereocenters. The Balaban J connectivity index is 2.25. The Bertz CT molecular complexity index is 398. The number of aliphatic carboxylic acids is 1. The lowest BCUT2D eigenvalue weighted by Crippen LogP contribution is -2.32. The van der Waals surface area contributed by atoms with Gasteiger partial charge in [0.2, 0.25) is 0 Å². The molecule has 6 nitrogen and oxygen atoms in total. The van der Waals surface area contributed by atoms with Crippen molar-refractivity contribution in [1.29, 1.82) is 0 Å². The van der Waals surface area contributed by atoms with Crippen molar-refractivity contribution in [2.75, 3.05) is 6.61 Å². The number of esters is 2. The van der Waals surface area contributed by atoms with Crippen molar-refractivity contribution in [3.8, 4) is 0 Å². The molecule has 20 heavy (non-hydrogen) atoms. The number of carbonyl (C=O) groups excluding carboxylic acids is 2. The van der Waals surface area contributed by atoms with Crippen molar-refractivity contribution in [1.82, 2.24) is 0 Å². The van der Waals surface area contributed by atoms with Crippen molar-refractivity contribution in [3.05, 3.63) is 11.8 Å². The van der Waals surface area contributed by atoms with Crippen LogP contribution >= 0.6 is 0 Å². The van der Waals surface area contributed by atoms with E-state index >= 15 is 0 Å². The van der Waals surface area contributed by atoms with Crippen LogP contribution in [0.1, 0.15) is 45.4 Å². The van der Waals surface area contributed by atoms with Gasteiger partial charge in [-0.2, -0.15) is 0 Å². The van der Waals surface area contributed by atoms with E-state index in [2.05, 4.69) is 0 Å². The van der Waals surface area contributed by atoms with E-state index in [9.17, 15) is 14.4 Å². The smallest absolute Gasteiger partial charge is 0.321 e. The van der Waals surface area contributed by atoms with Crippen LogP contribution in [-0.4, -0.2) is 29.6 Å². The standard InChI is InChI=1S/C14H20O6/c1-2-19-13(17)9-5-6-10-11(20-14(10)18)7-3-4-8-12(15)16/h7,10H,2-6,8-9H2,1H3,(H,15,16). The fourth-order valence-corrected chi connectivity index (χ4v) is 1.94. The molecule has 0 radical (unpaired) electrons. The van der Waals surface area contributed by atoms with Crippen LogP contribution in [-0.2, 0) is 23.9 Å². The molecule has 0 spiro atoms. The molecule has 0 amide bonds. The van der Waals surface area contributed by atoms with E-state index in [0.29, 0.717) is 44.5 Å². The van der Waals surface area contributed by atoms with Gasteiger partial charge in [-0.3, -0.25) is 14.4 Å². The lowest BCUT2D eigenvalue weighted by Gasteiger charge is -2.27. The molecule has 0 aromatic heterocycles. The van der Waals surface area contributed by atoms with Crippen molar-refractivity contribution in [3.63, 3.8) is 0 Å². The Labute approximate surface area is 117 Å². The highest BCUT2D eigenvalue weighted by molar-refractivity contribution is 5.83. The average Bonchev–Trinajstić information content (AvgIpc) is 2.38. The maximum Gasteiger partial charge on any atom is 0.321 e. The quantitative estimate of drug-likeness (QED) is 0.514. The van der Waals surface area contributed by atoms with Crippen molar-refractivity contribution in [2.45, 2.75) is 45.4 Å². The zero-order valence-corrected chi connectivity index (χ0v) is 11.6. The molecule has 1 saturated heterocycles. The molecular formula is C14H20O6. The summed E-state index contributed by atoms with van der Waals surface area (Å²) in [6.45, 7) is 2.11. The van der Waals surface area contributed by atoms with Crippen molar-refractivity contribution < 1.29 is 29.0 Å². The second kappa shape index (κ2) is 8.35. The second-order valence-electron chi connectivity index (χ2n) is 4.56. The Morgan fingerprint density at radius 1 is 1.35 bits per heavy atom. The minimum Gasteiger partial charge on any atom is -0.481 e. The minimum atomic E-state index is -0.833. The molecule has 1 N–H and O–H groups in total. The van der Waals surface area contributed by atoms with Crippen molar-refractivity contribution >= 4 is 17.9 Å². The SMILES string of the molecule is CCOC(=O)CCCC1C(=O)OC1=CCCCC(=O)O. The zero-order valence-electron chi connectivity index (χ0n) is 11.6. The third-order valence-corrected chi connectivity index (χ3v) is 2.97. The summed E-state index contributed by atoms with van der Waals surface area (Å²) in [5.74, 6) is -1.05. The highest BCUT2D eigenvalue weighted by Crippen LogP contribution is 2.31. The Hall–Kier alpha value is -1.85. The van der Waals surface area contributed by atoms with Gasteiger partial charge in [0, 0.05) is 12.8 Å². The van der Waals surface area contributed by atoms with E-state index in [0.717, 1.165) is 0 Å². The first-order valence-electron chi connectivity index (χ1n) is 6.83. The summed E-state index contributed by atoms with van der Waals surface area (Å²) < 4.78 is 9.73. The molecule has 0 saturated carbocycles. The molecule has 1 fully saturated rings. The normalized spacial score (nSPS) is 19.4. The van der Waals surface area contributed by atoms with Gasteiger partial charge in [-0.25, -0.2) is 0 Å². The number of ether oxygens (including phenoxy) is 2. The molecular weight excluding hydrogens is 264 g/mol. The summed E-state index contributed by atoms with van der Waals surface area (Å²) in [6.07, 6.45) is 4.39. The maximum atomic E-state index is 11.3. The summed E-state index contributed by atoms with van der Waals surface area (Å²) in [5, 5.41) is 8.51. The molecule has 112 valence electrons. The molecule has 0 aliphatic carbocycles. The Morgan fingerprint density at radius 3 is 2.70 bits per heavy atom. The number of rotatable bonds is 9. The third-order valence-electron chi connectivity index (χ3n) is 2.97. The van der Waals surface area contributed by atoms with Gasteiger partial charge in [-0.05, 0) is 38.7 Å². The third kappa shape index (κ3) is 5.42. The highest BCUT2D eigenvalue weighted by Gasteiger charge is 2.36. The van der Waals surface area contributed by atoms with E-state index in [4.69, 9.17) is 14.6 Å². The number of carboxylic acid groups (broad SMARTS) is 1. The first-order chi connectivity index (χ1) is 9.54. The lowest BCUT2D eigenvalue weighted by molar-refractivity contribution is -0.158. The van der Waals surface area contributed by atoms with E-state index in [-0.39, 0.29) is 24.3 Å². The topological polar surface area (TPSA) is 89.9 Å². The van der Waals surface area contributed by atoms with Gasteiger partial charge in [0.15, 0.2) is 0 Å².